The first-order valence-electron chi connectivity index (χ1n) is 8.60. The second-order valence-corrected chi connectivity index (χ2v) is 6.37. The molecule has 3 aromatic carbocycles. The van der Waals surface area contributed by atoms with E-state index in [1.807, 2.05) is 79.7 Å². The van der Waals surface area contributed by atoms with E-state index < -0.39 is 0 Å². The first kappa shape index (κ1) is 16.2. The number of aryl methyl sites for hydroxylation is 1. The van der Waals surface area contributed by atoms with Gasteiger partial charge in [-0.25, -0.2) is 0 Å². The van der Waals surface area contributed by atoms with Crippen LogP contribution in [0.1, 0.15) is 11.1 Å². The van der Waals surface area contributed by atoms with Crippen LogP contribution in [-0.4, -0.2) is 4.98 Å². The molecule has 26 heavy (non-hydrogen) atoms. The van der Waals surface area contributed by atoms with E-state index in [0.717, 1.165) is 33.7 Å². The molecule has 128 valence electrons. The van der Waals surface area contributed by atoms with Crippen LogP contribution in [0.5, 0.6) is 5.75 Å². The predicted octanol–water partition coefficient (Wildman–Crippen LogP) is 5.08. The third-order valence-electron chi connectivity index (χ3n) is 4.40. The van der Waals surface area contributed by atoms with Gasteiger partial charge in [0.1, 0.15) is 12.4 Å². The van der Waals surface area contributed by atoms with Gasteiger partial charge < -0.3 is 9.72 Å². The van der Waals surface area contributed by atoms with Crippen LogP contribution < -0.4 is 10.2 Å². The number of para-hydroxylation sites is 1. The first-order chi connectivity index (χ1) is 12.7. The van der Waals surface area contributed by atoms with Gasteiger partial charge in [-0.2, -0.15) is 0 Å². The minimum Gasteiger partial charge on any atom is -0.488 e. The Bertz CT molecular complexity index is 1110. The van der Waals surface area contributed by atoms with E-state index in [2.05, 4.69) is 4.98 Å². The van der Waals surface area contributed by atoms with Crippen LogP contribution in [0.25, 0.3) is 22.2 Å². The molecule has 0 saturated carbocycles. The summed E-state index contributed by atoms with van der Waals surface area (Å²) in [5.74, 6) is 0.764. The average Bonchev–Trinajstić information content (AvgIpc) is 2.67. The molecule has 0 fully saturated rings. The Hall–Kier alpha value is -3.33. The smallest absolute Gasteiger partial charge is 0.190 e. The van der Waals surface area contributed by atoms with Crippen LogP contribution in [0, 0.1) is 6.92 Å². The number of rotatable bonds is 4. The predicted molar refractivity (Wildman–Crippen MR) is 106 cm³/mol. The molecule has 0 unspecified atom stereocenters. The average molecular weight is 341 g/mol. The largest absolute Gasteiger partial charge is 0.488 e. The van der Waals surface area contributed by atoms with Crippen LogP contribution in [0.4, 0.5) is 0 Å². The second-order valence-electron chi connectivity index (χ2n) is 6.37. The summed E-state index contributed by atoms with van der Waals surface area (Å²) in [6.07, 6.45) is 0. The van der Waals surface area contributed by atoms with Crippen molar-refractivity contribution >= 4 is 10.9 Å². The molecule has 0 amide bonds. The van der Waals surface area contributed by atoms with Crippen molar-refractivity contribution < 1.29 is 4.74 Å². The fourth-order valence-corrected chi connectivity index (χ4v) is 3.05. The Morgan fingerprint density at radius 2 is 1.65 bits per heavy atom. The molecule has 0 saturated heterocycles. The lowest BCUT2D eigenvalue weighted by atomic mass is 10.1. The number of fused-ring (bicyclic) bond motifs is 1. The quantitative estimate of drug-likeness (QED) is 0.562. The Morgan fingerprint density at radius 3 is 2.50 bits per heavy atom. The van der Waals surface area contributed by atoms with Crippen LogP contribution in [0.15, 0.2) is 83.7 Å². The van der Waals surface area contributed by atoms with E-state index in [-0.39, 0.29) is 5.43 Å². The summed E-state index contributed by atoms with van der Waals surface area (Å²) < 4.78 is 6.09. The molecule has 4 rings (SSSR count). The molecule has 0 aliphatic heterocycles. The van der Waals surface area contributed by atoms with Gasteiger partial charge >= 0.3 is 0 Å². The van der Waals surface area contributed by atoms with Gasteiger partial charge in [0, 0.05) is 22.5 Å². The Balaban J connectivity index is 1.76. The van der Waals surface area contributed by atoms with Gasteiger partial charge in [0.2, 0.25) is 0 Å². The van der Waals surface area contributed by atoms with E-state index in [1.165, 1.54) is 0 Å². The first-order valence-corrected chi connectivity index (χ1v) is 8.60. The number of aromatic nitrogens is 1. The lowest BCUT2D eigenvalue weighted by Gasteiger charge is -2.13. The van der Waals surface area contributed by atoms with Gasteiger partial charge in [0.25, 0.3) is 0 Å². The molecule has 0 aliphatic rings. The topological polar surface area (TPSA) is 42.1 Å². The summed E-state index contributed by atoms with van der Waals surface area (Å²) in [5, 5.41) is 0.690. The second kappa shape index (κ2) is 6.89. The number of benzene rings is 3. The highest BCUT2D eigenvalue weighted by Crippen LogP contribution is 2.30. The zero-order valence-electron chi connectivity index (χ0n) is 14.5. The van der Waals surface area contributed by atoms with E-state index in [1.54, 1.807) is 6.07 Å². The lowest BCUT2D eigenvalue weighted by molar-refractivity contribution is 0.307. The SMILES string of the molecule is Cc1ccc(-c2cc(=O)c3ccccc3[nH]2)c(OCc2ccccc2)c1. The Labute approximate surface area is 151 Å². The molecular weight excluding hydrogens is 322 g/mol. The molecule has 0 atom stereocenters. The van der Waals surface area contributed by atoms with Crippen molar-refractivity contribution in [3.05, 3.63) is 100 Å². The third-order valence-corrected chi connectivity index (χ3v) is 4.40. The fraction of sp³-hybridized carbons (Fsp3) is 0.0870. The minimum atomic E-state index is 0.00364. The Kier molecular flexibility index (Phi) is 4.28. The molecule has 1 heterocycles. The highest BCUT2D eigenvalue weighted by molar-refractivity contribution is 5.82. The highest BCUT2D eigenvalue weighted by Gasteiger charge is 2.10. The summed E-state index contributed by atoms with van der Waals surface area (Å²) in [4.78, 5) is 15.8. The number of aromatic amines is 1. The van der Waals surface area contributed by atoms with Crippen molar-refractivity contribution in [3.63, 3.8) is 0 Å². The van der Waals surface area contributed by atoms with Gasteiger partial charge in [-0.05, 0) is 42.3 Å². The maximum Gasteiger partial charge on any atom is 0.190 e. The maximum absolute atomic E-state index is 12.5. The van der Waals surface area contributed by atoms with Gasteiger partial charge in [-0.15, -0.1) is 0 Å². The lowest BCUT2D eigenvalue weighted by Crippen LogP contribution is -2.04. The molecule has 4 aromatic rings. The Morgan fingerprint density at radius 1 is 0.885 bits per heavy atom. The number of H-pyrrole nitrogens is 1. The van der Waals surface area contributed by atoms with Crippen molar-refractivity contribution in [1.82, 2.24) is 4.98 Å². The van der Waals surface area contributed by atoms with Gasteiger partial charge in [-0.1, -0.05) is 48.5 Å². The maximum atomic E-state index is 12.5. The molecule has 3 heteroatoms. The molecule has 0 aliphatic carbocycles. The monoisotopic (exact) mass is 341 g/mol. The van der Waals surface area contributed by atoms with Crippen LogP contribution >= 0.6 is 0 Å². The number of ether oxygens (including phenoxy) is 1. The van der Waals surface area contributed by atoms with Crippen LogP contribution in [0.3, 0.4) is 0 Å². The molecule has 0 spiro atoms. The number of hydrogen-bond donors (Lipinski definition) is 1. The van der Waals surface area contributed by atoms with Gasteiger partial charge in [-0.3, -0.25) is 4.79 Å². The normalized spacial score (nSPS) is 10.8. The molecule has 0 bridgehead atoms. The summed E-state index contributed by atoms with van der Waals surface area (Å²) >= 11 is 0. The van der Waals surface area contributed by atoms with Crippen molar-refractivity contribution in [2.75, 3.05) is 0 Å². The molecular formula is C23H19NO2. The van der Waals surface area contributed by atoms with Crippen molar-refractivity contribution in [2.24, 2.45) is 0 Å². The van der Waals surface area contributed by atoms with E-state index in [0.29, 0.717) is 12.0 Å². The van der Waals surface area contributed by atoms with Gasteiger partial charge in [0.05, 0.1) is 5.69 Å². The van der Waals surface area contributed by atoms with Crippen LogP contribution in [0.2, 0.25) is 0 Å². The fourth-order valence-electron chi connectivity index (χ4n) is 3.05. The van der Waals surface area contributed by atoms with Gasteiger partial charge in [0.15, 0.2) is 5.43 Å². The number of nitrogens with one attached hydrogen (secondary N) is 1. The van der Waals surface area contributed by atoms with E-state index >= 15 is 0 Å². The number of hydrogen-bond acceptors (Lipinski definition) is 2. The van der Waals surface area contributed by atoms with Crippen LogP contribution in [-0.2, 0) is 6.61 Å². The summed E-state index contributed by atoms with van der Waals surface area (Å²) in [6.45, 7) is 2.51. The zero-order chi connectivity index (χ0) is 17.9. The molecule has 0 radical (unpaired) electrons. The minimum absolute atomic E-state index is 0.00364. The molecule has 1 N–H and O–H groups in total. The van der Waals surface area contributed by atoms with E-state index in [9.17, 15) is 4.79 Å². The standard InChI is InChI=1S/C23H19NO2/c1-16-11-12-19(23(13-16)26-15-17-7-3-2-4-8-17)21-14-22(25)18-9-5-6-10-20(18)24-21/h2-14H,15H2,1H3,(H,24,25). The zero-order valence-corrected chi connectivity index (χ0v) is 14.5. The highest BCUT2D eigenvalue weighted by atomic mass is 16.5. The summed E-state index contributed by atoms with van der Waals surface area (Å²) in [5.41, 5.74) is 4.69. The van der Waals surface area contributed by atoms with Crippen molar-refractivity contribution in [3.8, 4) is 17.0 Å². The van der Waals surface area contributed by atoms with Crippen molar-refractivity contribution in [1.29, 1.82) is 0 Å². The molecule has 3 nitrogen and oxygen atoms in total. The third kappa shape index (κ3) is 3.24. The molecule has 1 aromatic heterocycles. The summed E-state index contributed by atoms with van der Waals surface area (Å²) in [7, 11) is 0. The number of pyridine rings is 1. The summed E-state index contributed by atoms with van der Waals surface area (Å²) in [6, 6.07) is 25.3. The van der Waals surface area contributed by atoms with Crippen molar-refractivity contribution in [2.45, 2.75) is 13.5 Å². The van der Waals surface area contributed by atoms with E-state index in [4.69, 9.17) is 4.74 Å².